The van der Waals surface area contributed by atoms with E-state index in [1.165, 1.54) is 21.1 Å². The zero-order valence-corrected chi connectivity index (χ0v) is 9.90. The van der Waals surface area contributed by atoms with E-state index in [0.717, 1.165) is 16.0 Å². The zero-order valence-electron chi connectivity index (χ0n) is 8.27. The van der Waals surface area contributed by atoms with Crippen LogP contribution in [0.2, 0.25) is 0 Å². The maximum Gasteiger partial charge on any atom is 0.160 e. The Balaban J connectivity index is 2.14. The van der Waals surface area contributed by atoms with Crippen LogP contribution in [0.5, 0.6) is 0 Å². The summed E-state index contributed by atoms with van der Waals surface area (Å²) in [5, 5.41) is 0. The maximum absolute atomic E-state index is 10.5. The van der Waals surface area contributed by atoms with Crippen LogP contribution in [0, 0.1) is 6.92 Å². The minimum Gasteiger partial charge on any atom is -0.297 e. The summed E-state index contributed by atoms with van der Waals surface area (Å²) in [5.74, 6) is 0. The smallest absolute Gasteiger partial charge is 0.160 e. The predicted molar refractivity (Wildman–Crippen MR) is 67.7 cm³/mol. The van der Waals surface area contributed by atoms with Gasteiger partial charge in [-0.1, -0.05) is 0 Å². The Bertz CT molecular complexity index is 491. The van der Waals surface area contributed by atoms with E-state index in [9.17, 15) is 4.79 Å². The summed E-state index contributed by atoms with van der Waals surface area (Å²) in [6, 6.07) is 8.02. The van der Waals surface area contributed by atoms with Gasteiger partial charge in [0.25, 0.3) is 0 Å². The summed E-state index contributed by atoms with van der Waals surface area (Å²) in [4.78, 5) is 14.9. The van der Waals surface area contributed by atoms with Crippen molar-refractivity contribution in [3.8, 4) is 0 Å². The molecular weight excluding hydrogens is 224 g/mol. The lowest BCUT2D eigenvalue weighted by atomic mass is 10.3. The molecule has 0 spiro atoms. The van der Waals surface area contributed by atoms with E-state index >= 15 is 0 Å². The summed E-state index contributed by atoms with van der Waals surface area (Å²) < 4.78 is 0. The fourth-order valence-corrected chi connectivity index (χ4v) is 2.74. The molecule has 0 saturated heterocycles. The first-order chi connectivity index (χ1) is 7.28. The van der Waals surface area contributed by atoms with E-state index in [1.807, 2.05) is 18.2 Å². The predicted octanol–water partition coefficient (Wildman–Crippen LogP) is 4.10. The molecule has 2 aromatic heterocycles. The van der Waals surface area contributed by atoms with E-state index in [1.54, 1.807) is 11.3 Å². The van der Waals surface area contributed by atoms with Crippen LogP contribution < -0.4 is 0 Å². The van der Waals surface area contributed by atoms with Crippen LogP contribution in [0.25, 0.3) is 12.2 Å². The first kappa shape index (κ1) is 10.3. The Morgan fingerprint density at radius 1 is 0.933 bits per heavy atom. The molecule has 0 N–H and O–H groups in total. The molecule has 0 bridgehead atoms. The third-order valence-electron chi connectivity index (χ3n) is 1.94. The van der Waals surface area contributed by atoms with E-state index in [0.29, 0.717) is 0 Å². The molecule has 0 fully saturated rings. The number of carbonyl (C=O) groups is 1. The number of aryl methyl sites for hydroxylation is 1. The molecule has 2 aromatic rings. The van der Waals surface area contributed by atoms with Crippen molar-refractivity contribution in [2.45, 2.75) is 6.92 Å². The molecule has 0 radical (unpaired) electrons. The average molecular weight is 234 g/mol. The first-order valence-electron chi connectivity index (χ1n) is 4.57. The molecule has 0 aliphatic rings. The minimum absolute atomic E-state index is 0.775. The van der Waals surface area contributed by atoms with Gasteiger partial charge in [-0.3, -0.25) is 4.79 Å². The summed E-state index contributed by atoms with van der Waals surface area (Å²) >= 11 is 3.28. The van der Waals surface area contributed by atoms with Gasteiger partial charge in [0.2, 0.25) is 0 Å². The Hall–Kier alpha value is -1.19. The van der Waals surface area contributed by atoms with Crippen LogP contribution in [0.3, 0.4) is 0 Å². The highest BCUT2D eigenvalue weighted by atomic mass is 32.1. The molecule has 0 aliphatic carbocycles. The molecule has 0 amide bonds. The Morgan fingerprint density at radius 2 is 1.53 bits per heavy atom. The molecule has 1 nitrogen and oxygen atoms in total. The van der Waals surface area contributed by atoms with Crippen molar-refractivity contribution in [3.05, 3.63) is 43.8 Å². The van der Waals surface area contributed by atoms with Crippen LogP contribution in [0.15, 0.2) is 24.3 Å². The largest absolute Gasteiger partial charge is 0.297 e. The van der Waals surface area contributed by atoms with Crippen LogP contribution in [-0.2, 0) is 0 Å². The Labute approximate surface area is 96.7 Å². The lowest BCUT2D eigenvalue weighted by Gasteiger charge is -1.83. The molecule has 2 rings (SSSR count). The fraction of sp³-hybridized carbons (Fsp3) is 0.0833. The van der Waals surface area contributed by atoms with Crippen molar-refractivity contribution in [1.29, 1.82) is 0 Å². The van der Waals surface area contributed by atoms with Gasteiger partial charge in [-0.05, 0) is 43.3 Å². The van der Waals surface area contributed by atoms with Crippen LogP contribution in [0.1, 0.15) is 24.3 Å². The number of hydrogen-bond donors (Lipinski definition) is 0. The third-order valence-corrected chi connectivity index (χ3v) is 3.88. The molecule has 15 heavy (non-hydrogen) atoms. The molecule has 2 heterocycles. The van der Waals surface area contributed by atoms with Gasteiger partial charge >= 0.3 is 0 Å². The first-order valence-corrected chi connectivity index (χ1v) is 6.21. The Kier molecular flexibility index (Phi) is 3.14. The molecular formula is C12H10OS2. The molecule has 0 unspecified atom stereocenters. The highest BCUT2D eigenvalue weighted by Gasteiger charge is 1.95. The normalized spacial score (nSPS) is 11.0. The van der Waals surface area contributed by atoms with Gasteiger partial charge in [0.15, 0.2) is 6.29 Å². The second kappa shape index (κ2) is 4.55. The number of carbonyl (C=O) groups excluding carboxylic acids is 1. The highest BCUT2D eigenvalue weighted by Crippen LogP contribution is 2.21. The van der Waals surface area contributed by atoms with Crippen molar-refractivity contribution in [1.82, 2.24) is 0 Å². The molecule has 0 aliphatic heterocycles. The number of hydrogen-bond acceptors (Lipinski definition) is 3. The highest BCUT2D eigenvalue weighted by molar-refractivity contribution is 7.14. The molecule has 0 saturated carbocycles. The summed E-state index contributed by atoms with van der Waals surface area (Å²) in [6.07, 6.45) is 5.01. The monoisotopic (exact) mass is 234 g/mol. The topological polar surface area (TPSA) is 17.1 Å². The molecule has 76 valence electrons. The quantitative estimate of drug-likeness (QED) is 0.731. The zero-order chi connectivity index (χ0) is 10.7. The van der Waals surface area contributed by atoms with Gasteiger partial charge in [0.1, 0.15) is 0 Å². The number of thiophene rings is 2. The second-order valence-corrected chi connectivity index (χ2v) is 5.61. The van der Waals surface area contributed by atoms with E-state index in [4.69, 9.17) is 0 Å². The van der Waals surface area contributed by atoms with Crippen LogP contribution in [0.4, 0.5) is 0 Å². The van der Waals surface area contributed by atoms with Crippen molar-refractivity contribution in [2.75, 3.05) is 0 Å². The van der Waals surface area contributed by atoms with Crippen molar-refractivity contribution in [2.24, 2.45) is 0 Å². The van der Waals surface area contributed by atoms with Gasteiger partial charge in [0, 0.05) is 14.6 Å². The maximum atomic E-state index is 10.5. The van der Waals surface area contributed by atoms with Gasteiger partial charge in [0.05, 0.1) is 4.88 Å². The van der Waals surface area contributed by atoms with Gasteiger partial charge in [-0.25, -0.2) is 0 Å². The minimum atomic E-state index is 0.775. The lowest BCUT2D eigenvalue weighted by Crippen LogP contribution is -1.62. The molecule has 0 atom stereocenters. The van der Waals surface area contributed by atoms with Crippen molar-refractivity contribution < 1.29 is 4.79 Å². The Morgan fingerprint density at radius 3 is 2.07 bits per heavy atom. The lowest BCUT2D eigenvalue weighted by molar-refractivity contribution is 0.112. The van der Waals surface area contributed by atoms with Crippen LogP contribution >= 0.6 is 22.7 Å². The van der Waals surface area contributed by atoms with Crippen LogP contribution in [-0.4, -0.2) is 6.29 Å². The second-order valence-electron chi connectivity index (χ2n) is 3.14. The summed E-state index contributed by atoms with van der Waals surface area (Å²) in [7, 11) is 0. The molecule has 3 heteroatoms. The summed E-state index contributed by atoms with van der Waals surface area (Å²) in [5.41, 5.74) is 0. The summed E-state index contributed by atoms with van der Waals surface area (Å²) in [6.45, 7) is 2.09. The van der Waals surface area contributed by atoms with Gasteiger partial charge in [-0.2, -0.15) is 0 Å². The van der Waals surface area contributed by atoms with E-state index in [2.05, 4.69) is 25.1 Å². The van der Waals surface area contributed by atoms with E-state index < -0.39 is 0 Å². The van der Waals surface area contributed by atoms with Gasteiger partial charge < -0.3 is 0 Å². The van der Waals surface area contributed by atoms with Gasteiger partial charge in [-0.15, -0.1) is 22.7 Å². The SMILES string of the molecule is Cc1ccc(C=Cc2ccc(C=O)s2)s1. The average Bonchev–Trinajstić information content (AvgIpc) is 2.83. The van der Waals surface area contributed by atoms with Crippen molar-refractivity contribution in [3.63, 3.8) is 0 Å². The fourth-order valence-electron chi connectivity index (χ4n) is 1.23. The number of aldehydes is 1. The third kappa shape index (κ3) is 2.64. The molecule has 0 aromatic carbocycles. The van der Waals surface area contributed by atoms with Crippen molar-refractivity contribution >= 4 is 41.1 Å². The standard InChI is InChI=1S/C12H10OS2/c1-9-2-3-10(14-9)4-5-11-6-7-12(8-13)15-11/h2-8H,1H3. The van der Waals surface area contributed by atoms with E-state index in [-0.39, 0.29) is 0 Å². The number of rotatable bonds is 3.